The number of nitrogens with two attached hydrogens (primary N) is 1. The van der Waals surface area contributed by atoms with Gasteiger partial charge in [0.2, 0.25) is 5.91 Å². The Balaban J connectivity index is 2.21. The highest BCUT2D eigenvalue weighted by molar-refractivity contribution is 5.90. The van der Waals surface area contributed by atoms with Crippen molar-refractivity contribution in [2.75, 3.05) is 5.73 Å². The van der Waals surface area contributed by atoms with Gasteiger partial charge in [-0.2, -0.15) is 0 Å². The van der Waals surface area contributed by atoms with Crippen LogP contribution in [0.25, 0.3) is 10.9 Å². The number of benzene rings is 1. The Bertz CT molecular complexity index is 784. The lowest BCUT2D eigenvalue weighted by atomic mass is 10.0. The fourth-order valence-electron chi connectivity index (χ4n) is 2.77. The number of fused-ring (bicyclic) bond motifs is 1. The van der Waals surface area contributed by atoms with Crippen LogP contribution in [0, 0.1) is 6.92 Å². The summed E-state index contributed by atoms with van der Waals surface area (Å²) in [7, 11) is 0. The molecule has 2 heterocycles. The number of carbonyl (C=O) groups excluding carboxylic acids is 1. The summed E-state index contributed by atoms with van der Waals surface area (Å²) in [5.74, 6) is 0.0734. The third kappa shape index (κ3) is 2.15. The number of nitrogens with zero attached hydrogens (tertiary/aromatic N) is 2. The second-order valence-electron chi connectivity index (χ2n) is 5.19. The van der Waals surface area contributed by atoms with E-state index in [9.17, 15) is 14.7 Å². The zero-order chi connectivity index (χ0) is 15.1. The number of aromatic nitrogens is 2. The maximum Gasteiger partial charge on any atom is 0.264 e. The van der Waals surface area contributed by atoms with Gasteiger partial charge < -0.3 is 16.2 Å². The Labute approximate surface area is 120 Å². The van der Waals surface area contributed by atoms with Crippen molar-refractivity contribution in [3.05, 3.63) is 34.4 Å². The molecule has 110 valence electrons. The molecule has 1 saturated heterocycles. The normalized spacial score (nSPS) is 22.3. The molecule has 7 nitrogen and oxygen atoms in total. The van der Waals surface area contributed by atoms with Crippen molar-refractivity contribution in [1.82, 2.24) is 14.9 Å². The quantitative estimate of drug-likeness (QED) is 0.642. The molecule has 0 spiro atoms. The van der Waals surface area contributed by atoms with Crippen LogP contribution < -0.4 is 16.6 Å². The van der Waals surface area contributed by atoms with Crippen LogP contribution in [0.4, 0.5) is 5.69 Å². The fraction of sp³-hybridized carbons (Fsp3) is 0.357. The smallest absolute Gasteiger partial charge is 0.264 e. The molecule has 4 N–H and O–H groups in total. The number of nitrogen functional groups attached to an aromatic ring is 1. The molecule has 21 heavy (non-hydrogen) atoms. The predicted octanol–water partition coefficient (Wildman–Crippen LogP) is 0.0566. The van der Waals surface area contributed by atoms with E-state index >= 15 is 0 Å². The average molecular weight is 288 g/mol. The van der Waals surface area contributed by atoms with Gasteiger partial charge in [-0.15, -0.1) is 0 Å². The summed E-state index contributed by atoms with van der Waals surface area (Å²) in [6.45, 7) is 1.68. The second-order valence-corrected chi connectivity index (χ2v) is 5.19. The number of aliphatic hydroxyl groups excluding tert-OH is 1. The maximum atomic E-state index is 12.7. The number of amides is 1. The van der Waals surface area contributed by atoms with Crippen molar-refractivity contribution < 1.29 is 9.90 Å². The van der Waals surface area contributed by atoms with E-state index in [1.807, 2.05) is 0 Å². The van der Waals surface area contributed by atoms with Crippen LogP contribution in [-0.2, 0) is 4.79 Å². The minimum atomic E-state index is -0.858. The van der Waals surface area contributed by atoms with E-state index in [-0.39, 0.29) is 11.5 Å². The molecule has 1 amide bonds. The Morgan fingerprint density at radius 3 is 2.86 bits per heavy atom. The van der Waals surface area contributed by atoms with Crippen LogP contribution >= 0.6 is 0 Å². The number of hydrogen-bond acceptors (Lipinski definition) is 5. The van der Waals surface area contributed by atoms with Crippen LogP contribution in [-0.4, -0.2) is 26.8 Å². The Morgan fingerprint density at radius 2 is 2.14 bits per heavy atom. The van der Waals surface area contributed by atoms with Gasteiger partial charge in [-0.05, 0) is 31.9 Å². The molecular weight excluding hydrogens is 272 g/mol. The van der Waals surface area contributed by atoms with Crippen molar-refractivity contribution in [1.29, 1.82) is 0 Å². The summed E-state index contributed by atoms with van der Waals surface area (Å²) in [4.78, 5) is 29.1. The van der Waals surface area contributed by atoms with E-state index < -0.39 is 12.3 Å². The lowest BCUT2D eigenvalue weighted by molar-refractivity contribution is -0.130. The van der Waals surface area contributed by atoms with E-state index in [4.69, 9.17) is 5.73 Å². The van der Waals surface area contributed by atoms with Gasteiger partial charge in [0.05, 0.1) is 10.9 Å². The number of rotatable bonds is 1. The van der Waals surface area contributed by atoms with Gasteiger partial charge in [0, 0.05) is 5.69 Å². The molecule has 1 aliphatic rings. The molecule has 0 bridgehead atoms. The molecule has 0 aliphatic carbocycles. The zero-order valence-electron chi connectivity index (χ0n) is 11.5. The average Bonchev–Trinajstić information content (AvgIpc) is 2.40. The van der Waals surface area contributed by atoms with Crippen molar-refractivity contribution in [2.45, 2.75) is 32.0 Å². The van der Waals surface area contributed by atoms with Gasteiger partial charge in [-0.1, -0.05) is 6.07 Å². The predicted molar refractivity (Wildman–Crippen MR) is 77.6 cm³/mol. The third-order valence-electron chi connectivity index (χ3n) is 3.77. The van der Waals surface area contributed by atoms with Crippen molar-refractivity contribution in [2.24, 2.45) is 0 Å². The van der Waals surface area contributed by atoms with Gasteiger partial charge in [0.25, 0.3) is 5.56 Å². The lowest BCUT2D eigenvalue weighted by Gasteiger charge is -2.28. The molecular formula is C14H16N4O3. The number of piperidine rings is 1. The number of nitrogens with one attached hydrogen (secondary N) is 1. The Hall–Kier alpha value is -2.41. The molecule has 7 heteroatoms. The standard InChI is InChI=1S/C14H16N4O3/c1-7-16-9-4-2-3-8(15)12(9)14(21)18(7)10-5-6-11(19)17-13(10)20/h2-4,10-11,19H,5-6,15H2,1H3,(H,17,20). The van der Waals surface area contributed by atoms with E-state index in [2.05, 4.69) is 10.3 Å². The zero-order valence-corrected chi connectivity index (χ0v) is 11.5. The summed E-state index contributed by atoms with van der Waals surface area (Å²) >= 11 is 0. The SMILES string of the molecule is Cc1nc2cccc(N)c2c(=O)n1C1CCC(O)NC1=O. The van der Waals surface area contributed by atoms with Crippen LogP contribution in [0.2, 0.25) is 0 Å². The first-order chi connectivity index (χ1) is 9.99. The van der Waals surface area contributed by atoms with Gasteiger partial charge in [0.1, 0.15) is 18.1 Å². The highest BCUT2D eigenvalue weighted by atomic mass is 16.3. The molecule has 3 rings (SSSR count). The summed E-state index contributed by atoms with van der Waals surface area (Å²) in [5, 5.41) is 12.2. The first-order valence-corrected chi connectivity index (χ1v) is 6.75. The summed E-state index contributed by atoms with van der Waals surface area (Å²) in [6.07, 6.45) is -0.0820. The number of carbonyl (C=O) groups is 1. The Kier molecular flexibility index (Phi) is 3.13. The van der Waals surface area contributed by atoms with E-state index in [0.717, 1.165) is 0 Å². The van der Waals surface area contributed by atoms with Gasteiger partial charge in [-0.3, -0.25) is 14.2 Å². The van der Waals surface area contributed by atoms with E-state index in [1.165, 1.54) is 4.57 Å². The largest absolute Gasteiger partial charge is 0.398 e. The summed E-state index contributed by atoms with van der Waals surface area (Å²) in [6, 6.07) is 4.42. The van der Waals surface area contributed by atoms with Crippen molar-refractivity contribution in [3.8, 4) is 0 Å². The van der Waals surface area contributed by atoms with Gasteiger partial charge in [0.15, 0.2) is 0 Å². The van der Waals surface area contributed by atoms with Gasteiger partial charge >= 0.3 is 0 Å². The van der Waals surface area contributed by atoms with Crippen LogP contribution in [0.15, 0.2) is 23.0 Å². The molecule has 1 aromatic heterocycles. The lowest BCUT2D eigenvalue weighted by Crippen LogP contribution is -2.47. The minimum Gasteiger partial charge on any atom is -0.398 e. The molecule has 0 radical (unpaired) electrons. The Morgan fingerprint density at radius 1 is 1.38 bits per heavy atom. The van der Waals surface area contributed by atoms with Gasteiger partial charge in [-0.25, -0.2) is 4.98 Å². The monoisotopic (exact) mass is 288 g/mol. The number of anilines is 1. The third-order valence-corrected chi connectivity index (χ3v) is 3.77. The van der Waals surface area contributed by atoms with E-state index in [1.54, 1.807) is 25.1 Å². The topological polar surface area (TPSA) is 110 Å². The molecule has 0 saturated carbocycles. The van der Waals surface area contributed by atoms with Crippen LogP contribution in [0.3, 0.4) is 0 Å². The minimum absolute atomic E-state index is 0.321. The van der Waals surface area contributed by atoms with Crippen molar-refractivity contribution >= 4 is 22.5 Å². The number of aliphatic hydroxyl groups is 1. The summed E-state index contributed by atoms with van der Waals surface area (Å²) < 4.78 is 1.36. The van der Waals surface area contributed by atoms with Crippen molar-refractivity contribution in [3.63, 3.8) is 0 Å². The maximum absolute atomic E-state index is 12.7. The summed E-state index contributed by atoms with van der Waals surface area (Å²) in [5.41, 5.74) is 6.40. The first kappa shape index (κ1) is 13.6. The van der Waals surface area contributed by atoms with Crippen LogP contribution in [0.1, 0.15) is 24.7 Å². The molecule has 2 unspecified atom stereocenters. The molecule has 1 aromatic carbocycles. The molecule has 2 aromatic rings. The fourth-order valence-corrected chi connectivity index (χ4v) is 2.77. The molecule has 1 fully saturated rings. The first-order valence-electron chi connectivity index (χ1n) is 6.75. The second kappa shape index (κ2) is 4.85. The number of hydrogen-bond donors (Lipinski definition) is 3. The molecule has 2 atom stereocenters. The van der Waals surface area contributed by atoms with E-state index in [0.29, 0.717) is 35.3 Å². The highest BCUT2D eigenvalue weighted by Gasteiger charge is 2.30. The number of aryl methyl sites for hydroxylation is 1. The molecule has 1 aliphatic heterocycles. The van der Waals surface area contributed by atoms with Crippen LogP contribution in [0.5, 0.6) is 0 Å². The highest BCUT2D eigenvalue weighted by Crippen LogP contribution is 2.22.